The Morgan fingerprint density at radius 2 is 2.15 bits per heavy atom. The van der Waals surface area contributed by atoms with Gasteiger partial charge in [-0.05, 0) is 24.6 Å². The van der Waals surface area contributed by atoms with Gasteiger partial charge in [0.1, 0.15) is 5.75 Å². The predicted molar refractivity (Wildman–Crippen MR) is 73.8 cm³/mol. The van der Waals surface area contributed by atoms with Crippen molar-refractivity contribution in [1.29, 1.82) is 0 Å². The van der Waals surface area contributed by atoms with Gasteiger partial charge in [-0.3, -0.25) is 0 Å². The molecule has 5 heteroatoms. The monoisotopic (exact) mass is 275 g/mol. The molecule has 0 aliphatic carbocycles. The van der Waals surface area contributed by atoms with Gasteiger partial charge in [-0.2, -0.15) is 0 Å². The van der Waals surface area contributed by atoms with Gasteiger partial charge < -0.3 is 13.9 Å². The number of oxazole rings is 1. The first kappa shape index (κ1) is 14.1. The molecule has 0 spiro atoms. The molecule has 0 unspecified atom stereocenters. The number of nitrogens with zero attached hydrogens (tertiary/aromatic N) is 1. The number of methoxy groups -OCH3 is 2. The van der Waals surface area contributed by atoms with Gasteiger partial charge in [-0.25, -0.2) is 9.78 Å². The van der Waals surface area contributed by atoms with E-state index < -0.39 is 5.97 Å². The fraction of sp³-hybridized carbons (Fsp3) is 0.333. The number of rotatable bonds is 5. The highest BCUT2D eigenvalue weighted by Crippen LogP contribution is 2.26. The molecule has 0 atom stereocenters. The lowest BCUT2D eigenvalue weighted by molar-refractivity contribution is 0.0564. The Kier molecular flexibility index (Phi) is 4.40. The summed E-state index contributed by atoms with van der Waals surface area (Å²) in [5, 5.41) is 0. The lowest BCUT2D eigenvalue weighted by Crippen LogP contribution is -2.03. The molecule has 0 saturated carbocycles. The Morgan fingerprint density at radius 3 is 2.80 bits per heavy atom. The van der Waals surface area contributed by atoms with Gasteiger partial charge in [0.25, 0.3) is 0 Å². The fourth-order valence-corrected chi connectivity index (χ4v) is 1.89. The van der Waals surface area contributed by atoms with E-state index in [0.29, 0.717) is 23.8 Å². The van der Waals surface area contributed by atoms with Crippen LogP contribution >= 0.6 is 0 Å². The predicted octanol–water partition coefficient (Wildman–Crippen LogP) is 3.09. The molecule has 0 aliphatic rings. The molecule has 0 N–H and O–H groups in total. The van der Waals surface area contributed by atoms with Crippen molar-refractivity contribution >= 4 is 5.97 Å². The molecular formula is C15H17NO4. The highest BCUT2D eigenvalue weighted by molar-refractivity contribution is 5.88. The first-order valence-corrected chi connectivity index (χ1v) is 6.42. The summed E-state index contributed by atoms with van der Waals surface area (Å²) in [4.78, 5) is 16.1. The van der Waals surface area contributed by atoms with Crippen LogP contribution in [0.25, 0.3) is 11.5 Å². The van der Waals surface area contributed by atoms with Crippen molar-refractivity contribution in [1.82, 2.24) is 4.98 Å². The topological polar surface area (TPSA) is 61.6 Å². The summed E-state index contributed by atoms with van der Waals surface area (Å²) in [5.41, 5.74) is 1.38. The molecule has 1 heterocycles. The second-order valence-corrected chi connectivity index (χ2v) is 4.27. The summed E-state index contributed by atoms with van der Waals surface area (Å²) < 4.78 is 15.5. The van der Waals surface area contributed by atoms with Gasteiger partial charge in [0, 0.05) is 5.56 Å². The number of aromatic nitrogens is 1. The molecular weight excluding hydrogens is 258 g/mol. The number of hydrogen-bond donors (Lipinski definition) is 0. The van der Waals surface area contributed by atoms with E-state index in [9.17, 15) is 4.79 Å². The van der Waals surface area contributed by atoms with Gasteiger partial charge in [-0.15, -0.1) is 0 Å². The van der Waals surface area contributed by atoms with E-state index in [-0.39, 0.29) is 5.76 Å². The van der Waals surface area contributed by atoms with Gasteiger partial charge in [0.05, 0.1) is 19.9 Å². The van der Waals surface area contributed by atoms with E-state index in [1.165, 1.54) is 7.11 Å². The standard InChI is InChI=1S/C15H17NO4/c1-4-6-12-13(15(17)19-3)20-14(16-12)10-7-5-8-11(9-10)18-2/h5,7-9H,4,6H2,1-3H3. The molecule has 1 aromatic heterocycles. The third-order valence-electron chi connectivity index (χ3n) is 2.87. The van der Waals surface area contributed by atoms with Crippen LogP contribution in [0.5, 0.6) is 5.75 Å². The minimum absolute atomic E-state index is 0.173. The van der Waals surface area contributed by atoms with Crippen LogP contribution in [0.1, 0.15) is 29.6 Å². The SMILES string of the molecule is CCCc1nc(-c2cccc(OC)c2)oc1C(=O)OC. The highest BCUT2D eigenvalue weighted by Gasteiger charge is 2.21. The van der Waals surface area contributed by atoms with Crippen molar-refractivity contribution < 1.29 is 18.7 Å². The van der Waals surface area contributed by atoms with Crippen LogP contribution in [0, 0.1) is 0 Å². The number of carbonyl (C=O) groups is 1. The first-order chi connectivity index (χ1) is 9.69. The Labute approximate surface area is 117 Å². The number of hydrogen-bond acceptors (Lipinski definition) is 5. The molecule has 106 valence electrons. The number of ether oxygens (including phenoxy) is 2. The van der Waals surface area contributed by atoms with Crippen molar-refractivity contribution in [3.63, 3.8) is 0 Å². The van der Waals surface area contributed by atoms with Crippen molar-refractivity contribution in [2.45, 2.75) is 19.8 Å². The minimum atomic E-state index is -0.505. The molecule has 2 rings (SSSR count). The van der Waals surface area contributed by atoms with Crippen molar-refractivity contribution in [2.24, 2.45) is 0 Å². The van der Waals surface area contributed by atoms with Gasteiger partial charge in [0.2, 0.25) is 11.7 Å². The Morgan fingerprint density at radius 1 is 1.35 bits per heavy atom. The lowest BCUT2D eigenvalue weighted by atomic mass is 10.2. The van der Waals surface area contributed by atoms with E-state index in [2.05, 4.69) is 4.98 Å². The van der Waals surface area contributed by atoms with Crippen molar-refractivity contribution in [3.05, 3.63) is 35.7 Å². The zero-order chi connectivity index (χ0) is 14.5. The Balaban J connectivity index is 2.43. The van der Waals surface area contributed by atoms with Gasteiger partial charge in [-0.1, -0.05) is 19.4 Å². The largest absolute Gasteiger partial charge is 0.497 e. The maximum absolute atomic E-state index is 11.7. The second kappa shape index (κ2) is 6.23. The number of aryl methyl sites for hydroxylation is 1. The normalized spacial score (nSPS) is 10.3. The molecule has 0 aliphatic heterocycles. The highest BCUT2D eigenvalue weighted by atomic mass is 16.5. The molecule has 0 fully saturated rings. The van der Waals surface area contributed by atoms with Crippen molar-refractivity contribution in [3.8, 4) is 17.2 Å². The molecule has 0 amide bonds. The molecule has 0 radical (unpaired) electrons. The first-order valence-electron chi connectivity index (χ1n) is 6.42. The van der Waals surface area contributed by atoms with Crippen LogP contribution in [0.3, 0.4) is 0 Å². The average Bonchev–Trinajstić information content (AvgIpc) is 2.91. The Bertz CT molecular complexity index is 604. The van der Waals surface area contributed by atoms with Crippen LogP contribution in [0.2, 0.25) is 0 Å². The van der Waals surface area contributed by atoms with Gasteiger partial charge >= 0.3 is 5.97 Å². The summed E-state index contributed by atoms with van der Waals surface area (Å²) in [5.74, 6) is 0.771. The van der Waals surface area contributed by atoms with E-state index >= 15 is 0 Å². The molecule has 2 aromatic rings. The third kappa shape index (κ3) is 2.82. The number of esters is 1. The molecule has 5 nitrogen and oxygen atoms in total. The van der Waals surface area contributed by atoms with Gasteiger partial charge in [0.15, 0.2) is 0 Å². The van der Waals surface area contributed by atoms with E-state index in [0.717, 1.165) is 12.0 Å². The maximum Gasteiger partial charge on any atom is 0.376 e. The molecule has 0 bridgehead atoms. The molecule has 20 heavy (non-hydrogen) atoms. The Hall–Kier alpha value is -2.30. The van der Waals surface area contributed by atoms with Crippen LogP contribution < -0.4 is 4.74 Å². The second-order valence-electron chi connectivity index (χ2n) is 4.27. The van der Waals surface area contributed by atoms with E-state index in [1.54, 1.807) is 7.11 Å². The fourth-order valence-electron chi connectivity index (χ4n) is 1.89. The third-order valence-corrected chi connectivity index (χ3v) is 2.87. The number of carbonyl (C=O) groups excluding carboxylic acids is 1. The zero-order valence-electron chi connectivity index (χ0n) is 11.8. The smallest absolute Gasteiger partial charge is 0.376 e. The van der Waals surface area contributed by atoms with E-state index in [1.807, 2.05) is 31.2 Å². The zero-order valence-corrected chi connectivity index (χ0v) is 11.8. The summed E-state index contributed by atoms with van der Waals surface area (Å²) in [6, 6.07) is 7.34. The number of benzene rings is 1. The molecule has 1 aromatic carbocycles. The summed E-state index contributed by atoms with van der Waals surface area (Å²) >= 11 is 0. The van der Waals surface area contributed by atoms with Crippen molar-refractivity contribution in [2.75, 3.05) is 14.2 Å². The van der Waals surface area contributed by atoms with Crippen LogP contribution in [0.4, 0.5) is 0 Å². The van der Waals surface area contributed by atoms with Crippen LogP contribution in [-0.2, 0) is 11.2 Å². The summed E-state index contributed by atoms with van der Waals surface area (Å²) in [6.07, 6.45) is 1.53. The quantitative estimate of drug-likeness (QED) is 0.785. The lowest BCUT2D eigenvalue weighted by Gasteiger charge is -2.00. The van der Waals surface area contributed by atoms with E-state index in [4.69, 9.17) is 13.9 Å². The minimum Gasteiger partial charge on any atom is -0.497 e. The average molecular weight is 275 g/mol. The maximum atomic E-state index is 11.7. The molecule has 0 saturated heterocycles. The summed E-state index contributed by atoms with van der Waals surface area (Å²) in [7, 11) is 2.92. The summed E-state index contributed by atoms with van der Waals surface area (Å²) in [6.45, 7) is 2.01. The van der Waals surface area contributed by atoms with Crippen LogP contribution in [0.15, 0.2) is 28.7 Å². The van der Waals surface area contributed by atoms with Crippen LogP contribution in [-0.4, -0.2) is 25.2 Å².